The monoisotopic (exact) mass is 273 g/mol. The van der Waals surface area contributed by atoms with Crippen LogP contribution in [0.2, 0.25) is 0 Å². The third-order valence-corrected chi connectivity index (χ3v) is 4.17. The summed E-state index contributed by atoms with van der Waals surface area (Å²) in [6.45, 7) is 4.28. The number of nitrogens with zero attached hydrogens (tertiary/aromatic N) is 1. The van der Waals surface area contributed by atoms with Crippen LogP contribution < -0.4 is 4.90 Å². The molecule has 0 saturated heterocycles. The summed E-state index contributed by atoms with van der Waals surface area (Å²) in [5.41, 5.74) is 3.24. The van der Waals surface area contributed by atoms with Crippen LogP contribution in [0.15, 0.2) is 48.1 Å². The Morgan fingerprint density at radius 2 is 2.11 bits per heavy atom. The van der Waals surface area contributed by atoms with Gasteiger partial charge in [0.15, 0.2) is 0 Å². The zero-order valence-electron chi connectivity index (χ0n) is 11.1. The molecule has 19 heavy (non-hydrogen) atoms. The molecule has 1 aromatic rings. The minimum Gasteiger partial charge on any atom is -0.291 e. The van der Waals surface area contributed by atoms with Crippen LogP contribution in [0.5, 0.6) is 0 Å². The van der Waals surface area contributed by atoms with Crippen molar-refractivity contribution in [2.45, 2.75) is 26.3 Å². The number of halogens is 1. The minimum atomic E-state index is -0.411. The van der Waals surface area contributed by atoms with Crippen LogP contribution in [-0.4, -0.2) is 11.4 Å². The zero-order valence-corrected chi connectivity index (χ0v) is 11.8. The molecule has 2 aliphatic rings. The maximum absolute atomic E-state index is 11.9. The Kier molecular flexibility index (Phi) is 2.79. The van der Waals surface area contributed by atoms with Gasteiger partial charge >= 0.3 is 5.37 Å². The lowest BCUT2D eigenvalue weighted by atomic mass is 9.72. The van der Waals surface area contributed by atoms with Crippen molar-refractivity contribution in [1.29, 1.82) is 0 Å². The molecule has 98 valence electrons. The molecule has 0 N–H and O–H groups in total. The van der Waals surface area contributed by atoms with Crippen LogP contribution in [0.1, 0.15) is 19.4 Å². The molecule has 1 heterocycles. The van der Waals surface area contributed by atoms with Crippen molar-refractivity contribution in [3.05, 3.63) is 53.6 Å². The lowest BCUT2D eigenvalue weighted by Gasteiger charge is -2.46. The quantitative estimate of drug-likeness (QED) is 0.510. The zero-order chi connectivity index (χ0) is 13.6. The fourth-order valence-electron chi connectivity index (χ4n) is 3.18. The smallest absolute Gasteiger partial charge is 0.291 e. The van der Waals surface area contributed by atoms with E-state index < -0.39 is 5.37 Å². The van der Waals surface area contributed by atoms with Crippen LogP contribution >= 0.6 is 11.6 Å². The highest BCUT2D eigenvalue weighted by atomic mass is 35.5. The Morgan fingerprint density at radius 1 is 1.37 bits per heavy atom. The molecule has 0 radical (unpaired) electrons. The van der Waals surface area contributed by atoms with Gasteiger partial charge < -0.3 is 0 Å². The summed E-state index contributed by atoms with van der Waals surface area (Å²) in [7, 11) is 0. The summed E-state index contributed by atoms with van der Waals surface area (Å²) in [6.07, 6.45) is 7.21. The van der Waals surface area contributed by atoms with E-state index in [-0.39, 0.29) is 11.5 Å². The minimum absolute atomic E-state index is 0.0115. The van der Waals surface area contributed by atoms with Crippen molar-refractivity contribution < 1.29 is 4.79 Å². The number of hydrogen-bond donors (Lipinski definition) is 0. The molecule has 1 aromatic carbocycles. The van der Waals surface area contributed by atoms with E-state index in [4.69, 9.17) is 11.6 Å². The van der Waals surface area contributed by atoms with Crippen LogP contribution in [0, 0.1) is 5.41 Å². The molecule has 3 rings (SSSR count). The molecule has 0 spiro atoms. The predicted octanol–water partition coefficient (Wildman–Crippen LogP) is 4.30. The summed E-state index contributed by atoms with van der Waals surface area (Å²) < 4.78 is 0. The maximum atomic E-state index is 11.9. The highest BCUT2D eigenvalue weighted by Crippen LogP contribution is 2.44. The van der Waals surface area contributed by atoms with Gasteiger partial charge in [-0.25, -0.2) is 0 Å². The first-order valence-electron chi connectivity index (χ1n) is 6.45. The van der Waals surface area contributed by atoms with Crippen LogP contribution in [0.4, 0.5) is 10.5 Å². The molecule has 1 amide bonds. The number of benzene rings is 1. The summed E-state index contributed by atoms with van der Waals surface area (Å²) in [5.74, 6) is 0. The number of anilines is 1. The predicted molar refractivity (Wildman–Crippen MR) is 78.7 cm³/mol. The van der Waals surface area contributed by atoms with Crippen LogP contribution in [-0.2, 0) is 6.42 Å². The summed E-state index contributed by atoms with van der Waals surface area (Å²) >= 11 is 5.87. The Hall–Kier alpha value is -1.54. The van der Waals surface area contributed by atoms with Gasteiger partial charge in [0.2, 0.25) is 0 Å². The van der Waals surface area contributed by atoms with E-state index >= 15 is 0 Å². The second kappa shape index (κ2) is 4.24. The Bertz CT molecular complexity index is 601. The Balaban J connectivity index is 2.20. The average Bonchev–Trinajstić information content (AvgIpc) is 2.35. The van der Waals surface area contributed by atoms with Gasteiger partial charge in [-0.15, -0.1) is 0 Å². The number of rotatable bonds is 0. The number of hydrogen-bond acceptors (Lipinski definition) is 1. The molecular formula is C16H16ClNO. The highest BCUT2D eigenvalue weighted by Gasteiger charge is 2.42. The summed E-state index contributed by atoms with van der Waals surface area (Å²) in [4.78, 5) is 13.7. The fraction of sp³-hybridized carbons (Fsp3) is 0.312. The molecule has 1 aliphatic heterocycles. The van der Waals surface area contributed by atoms with Gasteiger partial charge in [0.1, 0.15) is 0 Å². The SMILES string of the molecule is CC1(C)C=CC=C2Cc3ccccc3N(C(=O)Cl)C21. The van der Waals surface area contributed by atoms with E-state index in [0.717, 1.165) is 17.7 Å². The molecule has 2 nitrogen and oxygen atoms in total. The molecular weight excluding hydrogens is 258 g/mol. The van der Waals surface area contributed by atoms with E-state index in [1.807, 2.05) is 18.2 Å². The van der Waals surface area contributed by atoms with E-state index in [2.05, 4.69) is 38.1 Å². The maximum Gasteiger partial charge on any atom is 0.321 e. The number of para-hydroxylation sites is 1. The molecule has 0 aromatic heterocycles. The summed E-state index contributed by atoms with van der Waals surface area (Å²) in [6, 6.07) is 8.00. The van der Waals surface area contributed by atoms with Crippen molar-refractivity contribution in [2.24, 2.45) is 5.41 Å². The fourth-order valence-corrected chi connectivity index (χ4v) is 3.37. The number of fused-ring (bicyclic) bond motifs is 2. The number of amides is 1. The summed E-state index contributed by atoms with van der Waals surface area (Å²) in [5, 5.41) is -0.411. The largest absolute Gasteiger partial charge is 0.321 e. The standard InChI is InChI=1S/C16H16ClNO/c1-16(2)9-5-7-12-10-11-6-3-4-8-13(11)18(14(12)16)15(17)19/h3-9,14H,10H2,1-2H3. The second-order valence-electron chi connectivity index (χ2n) is 5.75. The molecule has 0 fully saturated rings. The van der Waals surface area contributed by atoms with Gasteiger partial charge in [-0.3, -0.25) is 9.69 Å². The average molecular weight is 274 g/mol. The molecule has 3 heteroatoms. The van der Waals surface area contributed by atoms with Crippen molar-refractivity contribution in [2.75, 3.05) is 4.90 Å². The van der Waals surface area contributed by atoms with Crippen molar-refractivity contribution >= 4 is 22.7 Å². The molecule has 1 atom stereocenters. The molecule has 0 saturated carbocycles. The van der Waals surface area contributed by atoms with Gasteiger partial charge in [0.25, 0.3) is 0 Å². The number of carbonyl (C=O) groups excluding carboxylic acids is 1. The van der Waals surface area contributed by atoms with Gasteiger partial charge in [-0.05, 0) is 35.2 Å². The first-order chi connectivity index (χ1) is 9.00. The van der Waals surface area contributed by atoms with E-state index in [0.29, 0.717) is 0 Å². The van der Waals surface area contributed by atoms with Crippen molar-refractivity contribution in [3.63, 3.8) is 0 Å². The highest BCUT2D eigenvalue weighted by molar-refractivity contribution is 6.66. The van der Waals surface area contributed by atoms with E-state index in [1.165, 1.54) is 5.57 Å². The number of allylic oxidation sites excluding steroid dienone is 2. The van der Waals surface area contributed by atoms with Crippen LogP contribution in [0.25, 0.3) is 0 Å². The van der Waals surface area contributed by atoms with E-state index in [9.17, 15) is 4.79 Å². The van der Waals surface area contributed by atoms with Gasteiger partial charge in [-0.1, -0.05) is 50.3 Å². The third kappa shape index (κ3) is 1.91. The molecule has 1 unspecified atom stereocenters. The van der Waals surface area contributed by atoms with Crippen molar-refractivity contribution in [1.82, 2.24) is 0 Å². The lowest BCUT2D eigenvalue weighted by Crippen LogP contribution is -2.51. The molecule has 0 bridgehead atoms. The normalized spacial score (nSPS) is 23.4. The van der Waals surface area contributed by atoms with E-state index in [1.54, 1.807) is 4.90 Å². The van der Waals surface area contributed by atoms with Crippen molar-refractivity contribution in [3.8, 4) is 0 Å². The number of carbonyl (C=O) groups is 1. The van der Waals surface area contributed by atoms with Gasteiger partial charge in [-0.2, -0.15) is 0 Å². The first-order valence-corrected chi connectivity index (χ1v) is 6.83. The van der Waals surface area contributed by atoms with Gasteiger partial charge in [0, 0.05) is 11.1 Å². The molecule has 1 aliphatic carbocycles. The Morgan fingerprint density at radius 3 is 2.84 bits per heavy atom. The first kappa shape index (κ1) is 12.5. The van der Waals surface area contributed by atoms with Crippen LogP contribution in [0.3, 0.4) is 0 Å². The Labute approximate surface area is 118 Å². The topological polar surface area (TPSA) is 20.3 Å². The van der Waals surface area contributed by atoms with Gasteiger partial charge in [0.05, 0.1) is 6.04 Å². The lowest BCUT2D eigenvalue weighted by molar-refractivity contribution is 0.257. The third-order valence-electron chi connectivity index (χ3n) is 3.99. The second-order valence-corrected chi connectivity index (χ2v) is 6.08.